The van der Waals surface area contributed by atoms with E-state index < -0.39 is 11.7 Å². The molecule has 98 valence electrons. The molecule has 2 nitrogen and oxygen atoms in total. The summed E-state index contributed by atoms with van der Waals surface area (Å²) in [6, 6.07) is 9.21. The van der Waals surface area contributed by atoms with Crippen molar-refractivity contribution >= 4 is 50.7 Å². The van der Waals surface area contributed by atoms with Crippen molar-refractivity contribution in [2.24, 2.45) is 0 Å². The van der Waals surface area contributed by atoms with E-state index in [1.165, 1.54) is 12.1 Å². The van der Waals surface area contributed by atoms with Gasteiger partial charge < -0.3 is 5.32 Å². The number of hydrogen-bond donors (Lipinski definition) is 1. The highest BCUT2D eigenvalue weighted by Crippen LogP contribution is 2.25. The van der Waals surface area contributed by atoms with Crippen LogP contribution < -0.4 is 5.32 Å². The molecule has 0 aliphatic rings. The standard InChI is InChI=1S/C13H7BrCl2FNO/c14-7-4-5-9(15)8(6-7)13(19)18-11-3-1-2-10(16)12(11)17/h1-6H,(H,18,19). The Balaban J connectivity index is 2.31. The van der Waals surface area contributed by atoms with Crippen LogP contribution in [0.1, 0.15) is 10.4 Å². The van der Waals surface area contributed by atoms with Gasteiger partial charge >= 0.3 is 0 Å². The predicted molar refractivity (Wildman–Crippen MR) is 78.5 cm³/mol. The zero-order valence-electron chi connectivity index (χ0n) is 9.38. The third-order valence-corrected chi connectivity index (χ3v) is 3.49. The van der Waals surface area contributed by atoms with E-state index in [2.05, 4.69) is 21.2 Å². The summed E-state index contributed by atoms with van der Waals surface area (Å²) in [5, 5.41) is 2.66. The van der Waals surface area contributed by atoms with Crippen molar-refractivity contribution in [3.05, 3.63) is 62.3 Å². The quantitative estimate of drug-likeness (QED) is 0.786. The monoisotopic (exact) mass is 361 g/mol. The SMILES string of the molecule is O=C(Nc1cccc(Cl)c1F)c1cc(Br)ccc1Cl. The topological polar surface area (TPSA) is 29.1 Å². The number of carbonyl (C=O) groups excluding carboxylic acids is 1. The zero-order valence-corrected chi connectivity index (χ0v) is 12.5. The number of hydrogen-bond acceptors (Lipinski definition) is 1. The van der Waals surface area contributed by atoms with Gasteiger partial charge in [-0.25, -0.2) is 4.39 Å². The van der Waals surface area contributed by atoms with Crippen LogP contribution in [-0.4, -0.2) is 5.91 Å². The van der Waals surface area contributed by atoms with Crippen molar-refractivity contribution < 1.29 is 9.18 Å². The highest BCUT2D eigenvalue weighted by Gasteiger charge is 2.14. The Morgan fingerprint density at radius 1 is 1.16 bits per heavy atom. The molecular weight excluding hydrogens is 356 g/mol. The minimum absolute atomic E-state index is 0.00791. The predicted octanol–water partition coefficient (Wildman–Crippen LogP) is 5.15. The van der Waals surface area contributed by atoms with Gasteiger partial charge in [0.15, 0.2) is 5.82 Å². The van der Waals surface area contributed by atoms with Gasteiger partial charge in [0.1, 0.15) is 0 Å². The highest BCUT2D eigenvalue weighted by atomic mass is 79.9. The van der Waals surface area contributed by atoms with Crippen molar-refractivity contribution in [1.29, 1.82) is 0 Å². The van der Waals surface area contributed by atoms with Gasteiger partial charge in [-0.3, -0.25) is 4.79 Å². The molecule has 0 radical (unpaired) electrons. The summed E-state index contributed by atoms with van der Waals surface area (Å²) >= 11 is 14.8. The molecule has 0 saturated carbocycles. The molecule has 0 heterocycles. The smallest absolute Gasteiger partial charge is 0.257 e. The summed E-state index contributed by atoms with van der Waals surface area (Å²) < 4.78 is 14.4. The number of halogens is 4. The molecule has 6 heteroatoms. The molecule has 0 aromatic heterocycles. The lowest BCUT2D eigenvalue weighted by Crippen LogP contribution is -2.13. The third kappa shape index (κ3) is 3.26. The number of carbonyl (C=O) groups is 1. The minimum atomic E-state index is -0.677. The maximum absolute atomic E-state index is 13.7. The van der Waals surface area contributed by atoms with E-state index in [9.17, 15) is 9.18 Å². The van der Waals surface area contributed by atoms with Crippen LogP contribution in [0.15, 0.2) is 40.9 Å². The zero-order chi connectivity index (χ0) is 14.0. The van der Waals surface area contributed by atoms with Gasteiger partial charge in [0.2, 0.25) is 0 Å². The van der Waals surface area contributed by atoms with E-state index in [-0.39, 0.29) is 21.3 Å². The van der Waals surface area contributed by atoms with Gasteiger partial charge in [0.05, 0.1) is 21.3 Å². The van der Waals surface area contributed by atoms with Crippen molar-refractivity contribution in [3.8, 4) is 0 Å². The molecule has 0 fully saturated rings. The summed E-state index contributed by atoms with van der Waals surface area (Å²) in [4.78, 5) is 12.0. The lowest BCUT2D eigenvalue weighted by Gasteiger charge is -2.08. The second-order valence-corrected chi connectivity index (χ2v) is 5.41. The fraction of sp³-hybridized carbons (Fsp3) is 0. The Morgan fingerprint density at radius 2 is 1.89 bits per heavy atom. The van der Waals surface area contributed by atoms with Gasteiger partial charge in [-0.1, -0.05) is 45.2 Å². The lowest BCUT2D eigenvalue weighted by atomic mass is 10.2. The number of benzene rings is 2. The summed E-state index contributed by atoms with van der Waals surface area (Å²) in [6.45, 7) is 0. The van der Waals surface area contributed by atoms with E-state index in [0.717, 1.165) is 0 Å². The fourth-order valence-electron chi connectivity index (χ4n) is 1.46. The molecule has 0 spiro atoms. The van der Waals surface area contributed by atoms with E-state index in [4.69, 9.17) is 23.2 Å². The van der Waals surface area contributed by atoms with Crippen molar-refractivity contribution in [1.82, 2.24) is 0 Å². The Labute approximate surface area is 127 Å². The lowest BCUT2D eigenvalue weighted by molar-refractivity contribution is 0.102. The van der Waals surface area contributed by atoms with Crippen molar-refractivity contribution in [2.75, 3.05) is 5.32 Å². The van der Waals surface area contributed by atoms with Crippen LogP contribution in [0, 0.1) is 5.82 Å². The summed E-state index contributed by atoms with van der Waals surface area (Å²) in [6.07, 6.45) is 0. The molecule has 19 heavy (non-hydrogen) atoms. The number of rotatable bonds is 2. The van der Waals surface area contributed by atoms with Crippen LogP contribution in [0.4, 0.5) is 10.1 Å². The molecule has 1 amide bonds. The van der Waals surface area contributed by atoms with Gasteiger partial charge in [-0.15, -0.1) is 0 Å². The van der Waals surface area contributed by atoms with E-state index in [1.807, 2.05) is 0 Å². The average molecular weight is 363 g/mol. The van der Waals surface area contributed by atoms with Gasteiger partial charge in [0, 0.05) is 4.47 Å². The molecule has 2 aromatic carbocycles. The summed E-state index contributed by atoms with van der Waals surface area (Å²) in [5.41, 5.74) is 0.254. The van der Waals surface area contributed by atoms with E-state index >= 15 is 0 Å². The molecule has 1 N–H and O–H groups in total. The van der Waals surface area contributed by atoms with Crippen LogP contribution >= 0.6 is 39.1 Å². The maximum Gasteiger partial charge on any atom is 0.257 e. The van der Waals surface area contributed by atoms with Crippen LogP contribution in [-0.2, 0) is 0 Å². The molecule has 2 aromatic rings. The van der Waals surface area contributed by atoms with Crippen molar-refractivity contribution in [3.63, 3.8) is 0 Å². The van der Waals surface area contributed by atoms with E-state index in [0.29, 0.717) is 4.47 Å². The van der Waals surface area contributed by atoms with Crippen molar-refractivity contribution in [2.45, 2.75) is 0 Å². The first-order valence-corrected chi connectivity index (χ1v) is 6.74. The maximum atomic E-state index is 13.7. The first-order valence-electron chi connectivity index (χ1n) is 5.19. The average Bonchev–Trinajstić information content (AvgIpc) is 2.38. The largest absolute Gasteiger partial charge is 0.319 e. The molecule has 0 atom stereocenters. The normalized spacial score (nSPS) is 10.3. The first-order chi connectivity index (χ1) is 8.99. The first kappa shape index (κ1) is 14.3. The number of amides is 1. The number of anilines is 1. The summed E-state index contributed by atoms with van der Waals surface area (Å²) in [5.74, 6) is -1.18. The molecule has 0 saturated heterocycles. The second-order valence-electron chi connectivity index (χ2n) is 3.68. The van der Waals surface area contributed by atoms with Crippen LogP contribution in [0.25, 0.3) is 0 Å². The van der Waals surface area contributed by atoms with Crippen LogP contribution in [0.5, 0.6) is 0 Å². The Kier molecular flexibility index (Phi) is 4.45. The Morgan fingerprint density at radius 3 is 2.63 bits per heavy atom. The van der Waals surface area contributed by atoms with E-state index in [1.54, 1.807) is 24.3 Å². The van der Waals surface area contributed by atoms with Crippen LogP contribution in [0.3, 0.4) is 0 Å². The second kappa shape index (κ2) is 5.90. The molecule has 2 rings (SSSR count). The molecule has 0 bridgehead atoms. The van der Waals surface area contributed by atoms with Crippen LogP contribution in [0.2, 0.25) is 10.0 Å². The third-order valence-electron chi connectivity index (χ3n) is 2.37. The van der Waals surface area contributed by atoms with Gasteiger partial charge in [-0.2, -0.15) is 0 Å². The fourth-order valence-corrected chi connectivity index (χ4v) is 2.20. The Hall–Kier alpha value is -1.10. The highest BCUT2D eigenvalue weighted by molar-refractivity contribution is 9.10. The number of nitrogens with one attached hydrogen (secondary N) is 1. The Bertz CT molecular complexity index is 649. The molecule has 0 aliphatic heterocycles. The summed E-state index contributed by atoms with van der Waals surface area (Å²) in [7, 11) is 0. The molecular formula is C13H7BrCl2FNO. The molecule has 0 aliphatic carbocycles. The molecule has 0 unspecified atom stereocenters. The minimum Gasteiger partial charge on any atom is -0.319 e. The van der Waals surface area contributed by atoms with Gasteiger partial charge in [0.25, 0.3) is 5.91 Å². The van der Waals surface area contributed by atoms with Gasteiger partial charge in [-0.05, 0) is 30.3 Å².